The van der Waals surface area contributed by atoms with E-state index in [0.29, 0.717) is 43.4 Å². The standard InChI is InChI=1S/C16H21F2NO3S/c17-11-9-14-13(15(18)10-11)4-1-5-16(14)19-23(20,21)8-6-12-3-2-7-22-12/h9-10,12,16,19H,1-8H2/t12?,16-/m1/s1. The molecule has 3 rings (SSSR count). The molecule has 7 heteroatoms. The van der Waals surface area contributed by atoms with E-state index in [4.69, 9.17) is 4.74 Å². The predicted octanol–water partition coefficient (Wildman–Crippen LogP) is 2.83. The van der Waals surface area contributed by atoms with E-state index in [-0.39, 0.29) is 11.9 Å². The molecule has 0 aromatic heterocycles. The van der Waals surface area contributed by atoms with E-state index >= 15 is 0 Å². The predicted molar refractivity (Wildman–Crippen MR) is 82.6 cm³/mol. The number of fused-ring (bicyclic) bond motifs is 1. The normalized spacial score (nSPS) is 24.6. The summed E-state index contributed by atoms with van der Waals surface area (Å²) in [6.07, 6.45) is 4.04. The van der Waals surface area contributed by atoms with Crippen LogP contribution >= 0.6 is 0 Å². The fraction of sp³-hybridized carbons (Fsp3) is 0.625. The van der Waals surface area contributed by atoms with Crippen LogP contribution in [-0.4, -0.2) is 26.9 Å². The van der Waals surface area contributed by atoms with Gasteiger partial charge in [-0.05, 0) is 55.7 Å². The van der Waals surface area contributed by atoms with Gasteiger partial charge in [-0.3, -0.25) is 0 Å². The van der Waals surface area contributed by atoms with Crippen molar-refractivity contribution in [3.05, 3.63) is 34.9 Å². The van der Waals surface area contributed by atoms with Gasteiger partial charge in [-0.2, -0.15) is 0 Å². The van der Waals surface area contributed by atoms with E-state index in [1.54, 1.807) is 0 Å². The fourth-order valence-electron chi connectivity index (χ4n) is 3.39. The lowest BCUT2D eigenvalue weighted by molar-refractivity contribution is 0.108. The molecule has 128 valence electrons. The van der Waals surface area contributed by atoms with Gasteiger partial charge in [0.15, 0.2) is 0 Å². The maximum absolute atomic E-state index is 13.9. The molecule has 0 saturated carbocycles. The first-order chi connectivity index (χ1) is 10.9. The lowest BCUT2D eigenvalue weighted by Crippen LogP contribution is -2.34. The van der Waals surface area contributed by atoms with Crippen molar-refractivity contribution in [2.75, 3.05) is 12.4 Å². The molecule has 1 unspecified atom stereocenters. The molecule has 0 radical (unpaired) electrons. The first-order valence-corrected chi connectivity index (χ1v) is 9.69. The largest absolute Gasteiger partial charge is 0.378 e. The number of nitrogens with one attached hydrogen (secondary N) is 1. The van der Waals surface area contributed by atoms with Gasteiger partial charge in [0.05, 0.1) is 11.9 Å². The molecule has 1 heterocycles. The monoisotopic (exact) mass is 345 g/mol. The van der Waals surface area contributed by atoms with Crippen LogP contribution in [0.5, 0.6) is 0 Å². The third kappa shape index (κ3) is 4.08. The number of hydrogen-bond acceptors (Lipinski definition) is 3. The minimum atomic E-state index is -3.51. The van der Waals surface area contributed by atoms with Crippen molar-refractivity contribution in [2.24, 2.45) is 0 Å². The quantitative estimate of drug-likeness (QED) is 0.893. The molecule has 1 saturated heterocycles. The van der Waals surface area contributed by atoms with Crippen molar-refractivity contribution in [3.8, 4) is 0 Å². The van der Waals surface area contributed by atoms with Gasteiger partial charge < -0.3 is 4.74 Å². The second-order valence-electron chi connectivity index (χ2n) is 6.26. The Morgan fingerprint density at radius 1 is 1.22 bits per heavy atom. The van der Waals surface area contributed by atoms with E-state index in [1.807, 2.05) is 0 Å². The summed E-state index contributed by atoms with van der Waals surface area (Å²) >= 11 is 0. The van der Waals surface area contributed by atoms with Crippen molar-refractivity contribution < 1.29 is 21.9 Å². The van der Waals surface area contributed by atoms with Crippen LogP contribution in [0.3, 0.4) is 0 Å². The number of benzene rings is 1. The van der Waals surface area contributed by atoms with Crippen molar-refractivity contribution >= 4 is 10.0 Å². The Kier molecular flexibility index (Phi) is 4.98. The molecule has 1 aromatic carbocycles. The van der Waals surface area contributed by atoms with Gasteiger partial charge in [0.1, 0.15) is 11.6 Å². The van der Waals surface area contributed by atoms with E-state index in [0.717, 1.165) is 18.9 Å². The average molecular weight is 345 g/mol. The topological polar surface area (TPSA) is 55.4 Å². The molecule has 2 aliphatic rings. The molecule has 23 heavy (non-hydrogen) atoms. The molecule has 1 aliphatic carbocycles. The van der Waals surface area contributed by atoms with Crippen LogP contribution in [0.1, 0.15) is 49.3 Å². The van der Waals surface area contributed by atoms with Crippen LogP contribution < -0.4 is 4.72 Å². The SMILES string of the molecule is O=S(=O)(CCC1CCCO1)N[C@@H]1CCCc2c(F)cc(F)cc21. The molecule has 0 bridgehead atoms. The minimum Gasteiger partial charge on any atom is -0.378 e. The highest BCUT2D eigenvalue weighted by Gasteiger charge is 2.28. The van der Waals surface area contributed by atoms with Crippen LogP contribution in [0.4, 0.5) is 8.78 Å². The number of sulfonamides is 1. The zero-order valence-corrected chi connectivity index (χ0v) is 13.7. The highest BCUT2D eigenvalue weighted by atomic mass is 32.2. The molecule has 1 aromatic rings. The van der Waals surface area contributed by atoms with Crippen molar-refractivity contribution in [2.45, 2.75) is 50.7 Å². The van der Waals surface area contributed by atoms with Gasteiger partial charge in [-0.15, -0.1) is 0 Å². The van der Waals surface area contributed by atoms with Crippen LogP contribution in [0, 0.1) is 11.6 Å². The summed E-state index contributed by atoms with van der Waals surface area (Å²) in [5.74, 6) is -1.30. The summed E-state index contributed by atoms with van der Waals surface area (Å²) in [6.45, 7) is 0.687. The molecule has 4 nitrogen and oxygen atoms in total. The molecule has 2 atom stereocenters. The zero-order chi connectivity index (χ0) is 16.4. The zero-order valence-electron chi connectivity index (χ0n) is 12.9. The van der Waals surface area contributed by atoms with Crippen LogP contribution in [0.15, 0.2) is 12.1 Å². The lowest BCUT2D eigenvalue weighted by Gasteiger charge is -2.26. The Balaban J connectivity index is 1.70. The van der Waals surface area contributed by atoms with Gasteiger partial charge in [-0.1, -0.05) is 0 Å². The molecule has 0 amide bonds. The van der Waals surface area contributed by atoms with E-state index in [2.05, 4.69) is 4.72 Å². The minimum absolute atomic E-state index is 0.0000981. The molecular weight excluding hydrogens is 324 g/mol. The number of ether oxygens (including phenoxy) is 1. The molecule has 1 N–H and O–H groups in total. The fourth-order valence-corrected chi connectivity index (χ4v) is 4.76. The van der Waals surface area contributed by atoms with Gasteiger partial charge in [0.25, 0.3) is 0 Å². The summed E-state index contributed by atoms with van der Waals surface area (Å²) < 4.78 is 59.9. The molecule has 0 spiro atoms. The highest BCUT2D eigenvalue weighted by molar-refractivity contribution is 7.89. The first kappa shape index (κ1) is 16.8. The maximum atomic E-state index is 13.9. The van der Waals surface area contributed by atoms with Crippen LogP contribution in [0.2, 0.25) is 0 Å². The van der Waals surface area contributed by atoms with Crippen molar-refractivity contribution in [1.82, 2.24) is 4.72 Å². The summed E-state index contributed by atoms with van der Waals surface area (Å²) in [7, 11) is -3.51. The third-order valence-electron chi connectivity index (χ3n) is 4.54. The number of rotatable bonds is 5. The van der Waals surface area contributed by atoms with E-state index < -0.39 is 27.7 Å². The second kappa shape index (κ2) is 6.83. The smallest absolute Gasteiger partial charge is 0.212 e. The number of hydrogen-bond donors (Lipinski definition) is 1. The van der Waals surface area contributed by atoms with Gasteiger partial charge >= 0.3 is 0 Å². The Labute approximate surface area is 135 Å². The lowest BCUT2D eigenvalue weighted by atomic mass is 9.88. The Hall–Kier alpha value is -1.05. The van der Waals surface area contributed by atoms with Gasteiger partial charge in [0.2, 0.25) is 10.0 Å². The molecule has 1 fully saturated rings. The summed E-state index contributed by atoms with van der Waals surface area (Å²) in [5.41, 5.74) is 0.846. The average Bonchev–Trinajstić information content (AvgIpc) is 2.99. The Bertz CT molecular complexity index is 672. The summed E-state index contributed by atoms with van der Waals surface area (Å²) in [5, 5.41) is 0. The molecule has 1 aliphatic heterocycles. The van der Waals surface area contributed by atoms with Crippen LogP contribution in [-0.2, 0) is 21.2 Å². The van der Waals surface area contributed by atoms with E-state index in [9.17, 15) is 17.2 Å². The van der Waals surface area contributed by atoms with Gasteiger partial charge in [-0.25, -0.2) is 21.9 Å². The maximum Gasteiger partial charge on any atom is 0.212 e. The second-order valence-corrected chi connectivity index (χ2v) is 8.13. The van der Waals surface area contributed by atoms with Gasteiger partial charge in [0, 0.05) is 18.7 Å². The van der Waals surface area contributed by atoms with E-state index in [1.165, 1.54) is 6.07 Å². The third-order valence-corrected chi connectivity index (χ3v) is 5.96. The number of halogens is 2. The van der Waals surface area contributed by atoms with Crippen LogP contribution in [0.25, 0.3) is 0 Å². The Morgan fingerprint density at radius 2 is 2.04 bits per heavy atom. The Morgan fingerprint density at radius 3 is 2.78 bits per heavy atom. The molecular formula is C16H21F2NO3S. The highest BCUT2D eigenvalue weighted by Crippen LogP contribution is 2.32. The summed E-state index contributed by atoms with van der Waals surface area (Å²) in [6, 6.07) is 1.54. The summed E-state index contributed by atoms with van der Waals surface area (Å²) in [4.78, 5) is 0. The van der Waals surface area contributed by atoms with Crippen molar-refractivity contribution in [3.63, 3.8) is 0 Å². The van der Waals surface area contributed by atoms with Crippen molar-refractivity contribution in [1.29, 1.82) is 0 Å². The first-order valence-electron chi connectivity index (χ1n) is 8.04.